The van der Waals surface area contributed by atoms with Gasteiger partial charge in [0.1, 0.15) is 0 Å². The van der Waals surface area contributed by atoms with Crippen molar-refractivity contribution in [3.8, 4) is 0 Å². The van der Waals surface area contributed by atoms with Gasteiger partial charge in [0, 0.05) is 5.69 Å². The van der Waals surface area contributed by atoms with Crippen molar-refractivity contribution < 1.29 is 13.2 Å². The molecule has 0 saturated heterocycles. The van der Waals surface area contributed by atoms with Crippen LogP contribution in [0.4, 0.5) is 5.69 Å². The average molecular weight is 375 g/mol. The van der Waals surface area contributed by atoms with Crippen molar-refractivity contribution in [3.05, 3.63) is 59.2 Å². The lowest BCUT2D eigenvalue weighted by Crippen LogP contribution is -2.33. The van der Waals surface area contributed by atoms with Crippen molar-refractivity contribution in [2.45, 2.75) is 44.9 Å². The van der Waals surface area contributed by atoms with Crippen LogP contribution in [0.5, 0.6) is 0 Å². The second kappa shape index (κ2) is 8.47. The van der Waals surface area contributed by atoms with Crippen molar-refractivity contribution in [1.82, 2.24) is 4.72 Å². The molecule has 0 aliphatic carbocycles. The Kier molecular flexibility index (Phi) is 6.56. The molecule has 0 spiro atoms. The number of carbonyl (C=O) groups excluding carboxylic acids is 1. The van der Waals surface area contributed by atoms with Crippen LogP contribution in [0.15, 0.2) is 47.4 Å². The Morgan fingerprint density at radius 1 is 1.08 bits per heavy atom. The summed E-state index contributed by atoms with van der Waals surface area (Å²) in [6.07, 6.45) is 0.838. The number of anilines is 1. The normalized spacial score (nSPS) is 11.6. The summed E-state index contributed by atoms with van der Waals surface area (Å²) >= 11 is 0. The molecule has 2 aromatic rings. The number of carbonyl (C=O) groups is 1. The van der Waals surface area contributed by atoms with E-state index in [-0.39, 0.29) is 17.4 Å². The first kappa shape index (κ1) is 20.1. The lowest BCUT2D eigenvalue weighted by atomic mass is 9.98. The van der Waals surface area contributed by atoms with Crippen LogP contribution in [0, 0.1) is 6.92 Å². The zero-order valence-corrected chi connectivity index (χ0v) is 16.5. The lowest BCUT2D eigenvalue weighted by molar-refractivity contribution is -0.115. The molecule has 2 N–H and O–H groups in total. The van der Waals surface area contributed by atoms with Crippen LogP contribution < -0.4 is 10.0 Å². The lowest BCUT2D eigenvalue weighted by Gasteiger charge is -2.16. The fraction of sp³-hybridized carbons (Fsp3) is 0.350. The Labute approximate surface area is 155 Å². The molecule has 0 aromatic heterocycles. The number of rotatable bonds is 7. The third-order valence-electron chi connectivity index (χ3n) is 4.26. The van der Waals surface area contributed by atoms with Crippen LogP contribution >= 0.6 is 0 Å². The van der Waals surface area contributed by atoms with Gasteiger partial charge >= 0.3 is 0 Å². The van der Waals surface area contributed by atoms with Gasteiger partial charge in [-0.15, -0.1) is 0 Å². The summed E-state index contributed by atoms with van der Waals surface area (Å²) in [6.45, 7) is 7.70. The SMILES string of the molecule is CCc1ccc(S(=O)(=O)NCC(=O)Nc2c(C)cccc2C(C)C)cc1. The highest BCUT2D eigenvalue weighted by Crippen LogP contribution is 2.27. The maximum absolute atomic E-state index is 12.3. The van der Waals surface area contributed by atoms with E-state index in [1.165, 1.54) is 0 Å². The van der Waals surface area contributed by atoms with Crippen molar-refractivity contribution in [2.75, 3.05) is 11.9 Å². The predicted molar refractivity (Wildman–Crippen MR) is 105 cm³/mol. The standard InChI is InChI=1S/C20H26N2O3S/c1-5-16-9-11-17(12-10-16)26(24,25)21-13-19(23)22-20-15(4)7-6-8-18(20)14(2)3/h6-12,14,21H,5,13H2,1-4H3,(H,22,23). The Balaban J connectivity index is 2.07. The van der Waals surface area contributed by atoms with Crippen molar-refractivity contribution >= 4 is 21.6 Å². The van der Waals surface area contributed by atoms with E-state index in [9.17, 15) is 13.2 Å². The minimum Gasteiger partial charge on any atom is -0.324 e. The van der Waals surface area contributed by atoms with E-state index in [0.29, 0.717) is 0 Å². The summed E-state index contributed by atoms with van der Waals surface area (Å²) in [5, 5.41) is 2.84. The van der Waals surface area contributed by atoms with Crippen molar-refractivity contribution in [1.29, 1.82) is 0 Å². The van der Waals surface area contributed by atoms with Crippen LogP contribution in [0.25, 0.3) is 0 Å². The maximum atomic E-state index is 12.3. The van der Waals surface area contributed by atoms with E-state index in [4.69, 9.17) is 0 Å². The first-order chi connectivity index (χ1) is 12.2. The number of para-hydroxylation sites is 1. The minimum atomic E-state index is -3.72. The number of sulfonamides is 1. The molecule has 0 unspecified atom stereocenters. The quantitative estimate of drug-likeness (QED) is 0.777. The highest BCUT2D eigenvalue weighted by molar-refractivity contribution is 7.89. The topological polar surface area (TPSA) is 75.3 Å². The molecule has 26 heavy (non-hydrogen) atoms. The first-order valence-corrected chi connectivity index (χ1v) is 10.2. The Morgan fingerprint density at radius 3 is 2.31 bits per heavy atom. The molecule has 0 atom stereocenters. The monoisotopic (exact) mass is 374 g/mol. The smallest absolute Gasteiger partial charge is 0.241 e. The Bertz CT molecular complexity index is 872. The van der Waals surface area contributed by atoms with E-state index in [1.807, 2.05) is 45.9 Å². The van der Waals surface area contributed by atoms with Gasteiger partial charge in [0.25, 0.3) is 0 Å². The third kappa shape index (κ3) is 4.93. The van der Waals surface area contributed by atoms with Gasteiger partial charge in [-0.25, -0.2) is 13.1 Å². The third-order valence-corrected chi connectivity index (χ3v) is 5.67. The molecule has 0 heterocycles. The van der Waals surface area contributed by atoms with Gasteiger partial charge in [-0.3, -0.25) is 4.79 Å². The summed E-state index contributed by atoms with van der Waals surface area (Å²) in [4.78, 5) is 12.4. The predicted octanol–water partition coefficient (Wildman–Crippen LogP) is 3.60. The van der Waals surface area contributed by atoms with Crippen molar-refractivity contribution in [2.24, 2.45) is 0 Å². The minimum absolute atomic E-state index is 0.154. The fourth-order valence-corrected chi connectivity index (χ4v) is 3.66. The largest absolute Gasteiger partial charge is 0.324 e. The van der Waals surface area contributed by atoms with Crippen LogP contribution in [0.3, 0.4) is 0 Å². The second-order valence-electron chi connectivity index (χ2n) is 6.56. The average Bonchev–Trinajstić information content (AvgIpc) is 2.61. The number of nitrogens with one attached hydrogen (secondary N) is 2. The van der Waals surface area contributed by atoms with Crippen LogP contribution in [0.2, 0.25) is 0 Å². The summed E-state index contributed by atoms with van der Waals surface area (Å²) < 4.78 is 27.0. The zero-order valence-electron chi connectivity index (χ0n) is 15.7. The van der Waals surface area contributed by atoms with Gasteiger partial charge in [-0.2, -0.15) is 0 Å². The van der Waals surface area contributed by atoms with E-state index in [2.05, 4.69) is 10.0 Å². The summed E-state index contributed by atoms with van der Waals surface area (Å²) in [5.74, 6) is -0.145. The summed E-state index contributed by atoms with van der Waals surface area (Å²) in [6, 6.07) is 12.5. The van der Waals surface area contributed by atoms with Crippen LogP contribution in [-0.4, -0.2) is 20.9 Å². The fourth-order valence-electron chi connectivity index (χ4n) is 2.67. The highest BCUT2D eigenvalue weighted by Gasteiger charge is 2.17. The molecule has 0 aliphatic rings. The molecule has 0 radical (unpaired) electrons. The molecule has 1 amide bonds. The van der Waals surface area contributed by atoms with E-state index >= 15 is 0 Å². The molecule has 0 bridgehead atoms. The molecular weight excluding hydrogens is 348 g/mol. The molecule has 5 nitrogen and oxygen atoms in total. The van der Waals surface area contributed by atoms with Gasteiger partial charge in [0.2, 0.25) is 15.9 Å². The molecule has 0 aliphatic heterocycles. The second-order valence-corrected chi connectivity index (χ2v) is 8.33. The summed E-state index contributed by atoms with van der Waals surface area (Å²) in [7, 11) is -3.72. The number of aryl methyl sites for hydroxylation is 2. The maximum Gasteiger partial charge on any atom is 0.241 e. The molecule has 6 heteroatoms. The number of benzene rings is 2. The van der Waals surface area contributed by atoms with Crippen LogP contribution in [0.1, 0.15) is 43.4 Å². The van der Waals surface area contributed by atoms with Gasteiger partial charge in [0.05, 0.1) is 11.4 Å². The van der Waals surface area contributed by atoms with Gasteiger partial charge in [-0.1, -0.05) is 51.1 Å². The molecule has 2 aromatic carbocycles. The Morgan fingerprint density at radius 2 is 1.73 bits per heavy atom. The first-order valence-electron chi connectivity index (χ1n) is 8.72. The van der Waals surface area contributed by atoms with Gasteiger partial charge < -0.3 is 5.32 Å². The summed E-state index contributed by atoms with van der Waals surface area (Å²) in [5.41, 5.74) is 3.78. The van der Waals surface area contributed by atoms with E-state index < -0.39 is 15.9 Å². The molecule has 0 fully saturated rings. The van der Waals surface area contributed by atoms with Crippen LogP contribution in [-0.2, 0) is 21.2 Å². The van der Waals surface area contributed by atoms with Gasteiger partial charge in [0.15, 0.2) is 0 Å². The zero-order chi connectivity index (χ0) is 19.3. The van der Waals surface area contributed by atoms with Gasteiger partial charge in [-0.05, 0) is 48.1 Å². The number of hydrogen-bond acceptors (Lipinski definition) is 3. The Hall–Kier alpha value is -2.18. The molecule has 140 valence electrons. The molecule has 0 saturated carbocycles. The van der Waals surface area contributed by atoms with E-state index in [0.717, 1.165) is 28.8 Å². The van der Waals surface area contributed by atoms with E-state index in [1.54, 1.807) is 24.3 Å². The molecular formula is C20H26N2O3S. The highest BCUT2D eigenvalue weighted by atomic mass is 32.2. The molecule has 2 rings (SSSR count). The van der Waals surface area contributed by atoms with Crippen molar-refractivity contribution in [3.63, 3.8) is 0 Å². The number of amides is 1. The number of hydrogen-bond donors (Lipinski definition) is 2.